The van der Waals surface area contributed by atoms with Gasteiger partial charge < -0.3 is 10.5 Å². The van der Waals surface area contributed by atoms with Crippen LogP contribution in [0.1, 0.15) is 18.4 Å². The maximum absolute atomic E-state index is 11.9. The Morgan fingerprint density at radius 1 is 1.37 bits per heavy atom. The van der Waals surface area contributed by atoms with Gasteiger partial charge in [-0.05, 0) is 24.6 Å². The molecule has 1 aliphatic carbocycles. The number of nitrogens with two attached hydrogens (primary N) is 1. The Labute approximate surface area is 118 Å². The summed E-state index contributed by atoms with van der Waals surface area (Å²) in [7, 11) is -3.21. The zero-order chi connectivity index (χ0) is 14.3. The van der Waals surface area contributed by atoms with E-state index in [1.807, 2.05) is 19.1 Å². The van der Waals surface area contributed by atoms with E-state index in [2.05, 4.69) is 0 Å². The molecule has 2 rings (SSSR count). The van der Waals surface area contributed by atoms with E-state index < -0.39 is 20.6 Å². The predicted octanol–water partition coefficient (Wildman–Crippen LogP) is 1.58. The number of sulfone groups is 1. The van der Waals surface area contributed by atoms with Crippen LogP contribution in [0.5, 0.6) is 0 Å². The lowest BCUT2D eigenvalue weighted by atomic mass is 10.1. The van der Waals surface area contributed by atoms with Crippen molar-refractivity contribution in [2.45, 2.75) is 23.6 Å². The molecule has 0 unspecified atom stereocenters. The van der Waals surface area contributed by atoms with Gasteiger partial charge in [0.05, 0.1) is 17.4 Å². The van der Waals surface area contributed by atoms with E-state index in [9.17, 15) is 8.42 Å². The monoisotopic (exact) mass is 303 g/mol. The van der Waals surface area contributed by atoms with Crippen LogP contribution in [0.3, 0.4) is 0 Å². The predicted molar refractivity (Wildman–Crippen MR) is 76.2 cm³/mol. The molecule has 1 aromatic carbocycles. The summed E-state index contributed by atoms with van der Waals surface area (Å²) in [5.41, 5.74) is 6.30. The van der Waals surface area contributed by atoms with Gasteiger partial charge in [0, 0.05) is 23.8 Å². The first kappa shape index (κ1) is 14.8. The molecule has 6 heteroatoms. The second kappa shape index (κ2) is 5.05. The van der Waals surface area contributed by atoms with Crippen molar-refractivity contribution in [2.75, 3.05) is 19.5 Å². The van der Waals surface area contributed by atoms with Crippen LogP contribution in [-0.2, 0) is 14.6 Å². The smallest absolute Gasteiger partial charge is 0.152 e. The SMILES string of the molecule is CCOC[C@@]1(N)[C@H](c2ccc(Cl)cc2)[C@@H]1S(C)(=O)=O. The lowest BCUT2D eigenvalue weighted by molar-refractivity contribution is 0.125. The van der Waals surface area contributed by atoms with Crippen LogP contribution in [0.15, 0.2) is 24.3 Å². The molecule has 0 bridgehead atoms. The first-order valence-corrected chi connectivity index (χ1v) is 8.45. The molecule has 0 spiro atoms. The molecule has 0 amide bonds. The van der Waals surface area contributed by atoms with E-state index in [0.717, 1.165) is 5.56 Å². The Hall–Kier alpha value is -0.620. The van der Waals surface area contributed by atoms with E-state index in [1.54, 1.807) is 12.1 Å². The first-order chi connectivity index (χ1) is 8.80. The standard InChI is InChI=1S/C13H18ClNO3S/c1-3-18-8-13(15)11(12(13)19(2,16)17)9-4-6-10(14)7-5-9/h4-7,11-12H,3,8,15H2,1-2H3/t11-,12+,13-/m1/s1. The summed E-state index contributed by atoms with van der Waals surface area (Å²) in [5.74, 6) is -0.230. The largest absolute Gasteiger partial charge is 0.380 e. The van der Waals surface area contributed by atoms with Crippen molar-refractivity contribution < 1.29 is 13.2 Å². The molecule has 3 atom stereocenters. The van der Waals surface area contributed by atoms with Gasteiger partial charge in [0.2, 0.25) is 0 Å². The molecular formula is C13H18ClNO3S. The van der Waals surface area contributed by atoms with E-state index in [0.29, 0.717) is 11.6 Å². The van der Waals surface area contributed by atoms with Crippen molar-refractivity contribution in [2.24, 2.45) is 5.73 Å². The lowest BCUT2D eigenvalue weighted by Crippen LogP contribution is -2.36. The fraction of sp³-hybridized carbons (Fsp3) is 0.538. The Balaban J connectivity index is 2.30. The highest BCUT2D eigenvalue weighted by molar-refractivity contribution is 7.91. The van der Waals surface area contributed by atoms with Gasteiger partial charge in [-0.15, -0.1) is 0 Å². The maximum Gasteiger partial charge on any atom is 0.152 e. The molecular weight excluding hydrogens is 286 g/mol. The highest BCUT2D eigenvalue weighted by Crippen LogP contribution is 2.54. The third kappa shape index (κ3) is 2.79. The van der Waals surface area contributed by atoms with Crippen LogP contribution >= 0.6 is 11.6 Å². The summed E-state index contributed by atoms with van der Waals surface area (Å²) in [6.45, 7) is 2.62. The van der Waals surface area contributed by atoms with Crippen molar-refractivity contribution in [3.63, 3.8) is 0 Å². The van der Waals surface area contributed by atoms with Gasteiger partial charge in [-0.2, -0.15) is 0 Å². The maximum atomic E-state index is 11.9. The van der Waals surface area contributed by atoms with Gasteiger partial charge in [0.15, 0.2) is 9.84 Å². The molecule has 1 aromatic rings. The minimum Gasteiger partial charge on any atom is -0.380 e. The molecule has 1 aliphatic rings. The number of rotatable bonds is 5. The Kier molecular flexibility index (Phi) is 3.93. The fourth-order valence-corrected chi connectivity index (χ4v) is 4.64. The highest BCUT2D eigenvalue weighted by Gasteiger charge is 2.67. The molecule has 4 nitrogen and oxygen atoms in total. The van der Waals surface area contributed by atoms with Crippen LogP contribution in [-0.4, -0.2) is 38.7 Å². The number of hydrogen-bond acceptors (Lipinski definition) is 4. The lowest BCUT2D eigenvalue weighted by Gasteiger charge is -2.11. The molecule has 0 saturated heterocycles. The van der Waals surface area contributed by atoms with Gasteiger partial charge in [-0.25, -0.2) is 8.42 Å². The average molecular weight is 304 g/mol. The normalized spacial score (nSPS) is 30.3. The van der Waals surface area contributed by atoms with E-state index in [-0.39, 0.29) is 12.5 Å². The summed E-state index contributed by atoms with van der Waals surface area (Å²) in [4.78, 5) is 0. The quantitative estimate of drug-likeness (QED) is 0.897. The summed E-state index contributed by atoms with van der Waals surface area (Å²) < 4.78 is 29.1. The van der Waals surface area contributed by atoms with Crippen LogP contribution in [0, 0.1) is 0 Å². The van der Waals surface area contributed by atoms with Gasteiger partial charge in [0.1, 0.15) is 0 Å². The van der Waals surface area contributed by atoms with E-state index >= 15 is 0 Å². The second-order valence-electron chi connectivity index (χ2n) is 5.03. The van der Waals surface area contributed by atoms with E-state index in [1.165, 1.54) is 6.26 Å². The summed E-state index contributed by atoms with van der Waals surface area (Å²) in [6.07, 6.45) is 1.22. The molecule has 106 valence electrons. The number of ether oxygens (including phenoxy) is 1. The molecule has 1 fully saturated rings. The number of hydrogen-bond donors (Lipinski definition) is 1. The van der Waals surface area contributed by atoms with Gasteiger partial charge in [-0.1, -0.05) is 23.7 Å². The minimum atomic E-state index is -3.21. The highest BCUT2D eigenvalue weighted by atomic mass is 35.5. The first-order valence-electron chi connectivity index (χ1n) is 6.11. The molecule has 2 N–H and O–H groups in total. The molecule has 0 heterocycles. The second-order valence-corrected chi connectivity index (χ2v) is 7.63. The summed E-state index contributed by atoms with van der Waals surface area (Å²) in [5, 5.41) is 0.0282. The molecule has 0 aromatic heterocycles. The molecule has 0 radical (unpaired) electrons. The topological polar surface area (TPSA) is 69.4 Å². The van der Waals surface area contributed by atoms with Crippen molar-refractivity contribution >= 4 is 21.4 Å². The van der Waals surface area contributed by atoms with Gasteiger partial charge >= 0.3 is 0 Å². The van der Waals surface area contributed by atoms with Crippen LogP contribution in [0.2, 0.25) is 5.02 Å². The van der Waals surface area contributed by atoms with Gasteiger partial charge in [-0.3, -0.25) is 0 Å². The minimum absolute atomic E-state index is 0.230. The van der Waals surface area contributed by atoms with Crippen molar-refractivity contribution in [1.82, 2.24) is 0 Å². The summed E-state index contributed by atoms with van der Waals surface area (Å²) in [6, 6.07) is 7.14. The third-order valence-electron chi connectivity index (χ3n) is 3.55. The third-order valence-corrected chi connectivity index (χ3v) is 5.43. The van der Waals surface area contributed by atoms with Crippen molar-refractivity contribution in [1.29, 1.82) is 0 Å². The molecule has 19 heavy (non-hydrogen) atoms. The zero-order valence-electron chi connectivity index (χ0n) is 11.0. The Morgan fingerprint density at radius 3 is 2.42 bits per heavy atom. The van der Waals surface area contributed by atoms with Gasteiger partial charge in [0.25, 0.3) is 0 Å². The van der Waals surface area contributed by atoms with Crippen molar-refractivity contribution in [3.8, 4) is 0 Å². The van der Waals surface area contributed by atoms with Crippen LogP contribution < -0.4 is 5.73 Å². The molecule has 0 aliphatic heterocycles. The zero-order valence-corrected chi connectivity index (χ0v) is 12.5. The fourth-order valence-electron chi connectivity index (χ4n) is 2.67. The number of benzene rings is 1. The number of halogens is 1. The molecule has 1 saturated carbocycles. The van der Waals surface area contributed by atoms with Crippen molar-refractivity contribution in [3.05, 3.63) is 34.9 Å². The van der Waals surface area contributed by atoms with Crippen LogP contribution in [0.4, 0.5) is 0 Å². The summed E-state index contributed by atoms with van der Waals surface area (Å²) >= 11 is 5.84. The average Bonchev–Trinajstić information content (AvgIpc) is 2.95. The Morgan fingerprint density at radius 2 is 1.95 bits per heavy atom. The van der Waals surface area contributed by atoms with Crippen LogP contribution in [0.25, 0.3) is 0 Å². The Bertz CT molecular complexity index is 558. The van der Waals surface area contributed by atoms with E-state index in [4.69, 9.17) is 22.1 Å².